The third-order valence-corrected chi connectivity index (χ3v) is 5.90. The van der Waals surface area contributed by atoms with Gasteiger partial charge in [-0.1, -0.05) is 48.6 Å². The Morgan fingerprint density at radius 3 is 2.45 bits per heavy atom. The van der Waals surface area contributed by atoms with Crippen LogP contribution in [-0.4, -0.2) is 9.46 Å². The van der Waals surface area contributed by atoms with Gasteiger partial charge in [0.2, 0.25) is 0 Å². The molecular formula is C17H23NOS. The molecule has 1 aromatic carbocycles. The van der Waals surface area contributed by atoms with Crippen molar-refractivity contribution in [2.24, 2.45) is 5.92 Å². The van der Waals surface area contributed by atoms with E-state index in [1.54, 1.807) is 0 Å². The largest absolute Gasteiger partial charge is 0.259 e. The van der Waals surface area contributed by atoms with Crippen molar-refractivity contribution in [2.45, 2.75) is 57.0 Å². The third-order valence-electron chi connectivity index (χ3n) is 4.05. The topological polar surface area (TPSA) is 40.9 Å². The molecule has 0 N–H and O–H groups in total. The molecule has 2 nitrogen and oxygen atoms in total. The average Bonchev–Trinajstić information content (AvgIpc) is 2.62. The van der Waals surface area contributed by atoms with E-state index in [4.69, 9.17) is 0 Å². The number of hydrogen-bond acceptors (Lipinski definition) is 2. The van der Waals surface area contributed by atoms with Crippen LogP contribution in [0.2, 0.25) is 0 Å². The molecule has 0 bridgehead atoms. The Morgan fingerprint density at radius 2 is 1.80 bits per heavy atom. The Kier molecular flexibility index (Phi) is 5.37. The summed E-state index contributed by atoms with van der Waals surface area (Å²) >= 11 is 0. The van der Waals surface area contributed by atoms with Crippen molar-refractivity contribution in [3.8, 4) is 6.07 Å². The van der Waals surface area contributed by atoms with Crippen LogP contribution in [0.25, 0.3) is 0 Å². The average molecular weight is 289 g/mol. The molecule has 3 atom stereocenters. The second-order valence-corrected chi connectivity index (χ2v) is 7.59. The molecule has 0 aliphatic heterocycles. The fraction of sp³-hybridized carbons (Fsp3) is 0.588. The molecule has 2 rings (SSSR count). The predicted molar refractivity (Wildman–Crippen MR) is 83.7 cm³/mol. The van der Waals surface area contributed by atoms with E-state index in [1.807, 2.05) is 0 Å². The lowest BCUT2D eigenvalue weighted by Crippen LogP contribution is -2.24. The quantitative estimate of drug-likeness (QED) is 0.788. The van der Waals surface area contributed by atoms with Gasteiger partial charge in [0.25, 0.3) is 0 Å². The van der Waals surface area contributed by atoms with Crippen LogP contribution < -0.4 is 0 Å². The molecule has 0 saturated heterocycles. The Hall–Kier alpha value is -1.14. The van der Waals surface area contributed by atoms with E-state index in [0.717, 1.165) is 31.2 Å². The standard InChI is InChI=1S/C17H23NOS/c1-13-8-14(2)10-15(9-13)12-20(19)17-7-5-3-4-6-16(17)11-18/h8-10,16-17H,3-7,12H2,1-2H3. The lowest BCUT2D eigenvalue weighted by molar-refractivity contribution is 0.564. The predicted octanol–water partition coefficient (Wildman–Crippen LogP) is 4.02. The number of nitriles is 1. The molecule has 0 heterocycles. The molecule has 1 aromatic rings. The molecule has 1 fully saturated rings. The van der Waals surface area contributed by atoms with E-state index in [1.165, 1.54) is 17.5 Å². The molecule has 1 aliphatic carbocycles. The molecule has 3 heteroatoms. The van der Waals surface area contributed by atoms with Crippen molar-refractivity contribution in [2.75, 3.05) is 0 Å². The van der Waals surface area contributed by atoms with Gasteiger partial charge >= 0.3 is 0 Å². The Morgan fingerprint density at radius 1 is 1.15 bits per heavy atom. The fourth-order valence-corrected chi connectivity index (χ4v) is 4.86. The summed E-state index contributed by atoms with van der Waals surface area (Å²) in [5.74, 6) is 0.565. The van der Waals surface area contributed by atoms with Gasteiger partial charge in [-0.2, -0.15) is 5.26 Å². The highest BCUT2D eigenvalue weighted by Crippen LogP contribution is 2.28. The third kappa shape index (κ3) is 3.93. The summed E-state index contributed by atoms with van der Waals surface area (Å²) in [6, 6.07) is 8.75. The SMILES string of the molecule is Cc1cc(C)cc(CS(=O)C2CCCCCC2C#N)c1. The summed E-state index contributed by atoms with van der Waals surface area (Å²) < 4.78 is 12.7. The highest BCUT2D eigenvalue weighted by atomic mass is 32.2. The zero-order chi connectivity index (χ0) is 14.5. The van der Waals surface area contributed by atoms with Crippen molar-refractivity contribution in [3.05, 3.63) is 34.9 Å². The first-order chi connectivity index (χ1) is 9.60. The van der Waals surface area contributed by atoms with Gasteiger partial charge in [-0.25, -0.2) is 0 Å². The molecule has 0 amide bonds. The first-order valence-electron chi connectivity index (χ1n) is 7.44. The molecule has 0 aromatic heterocycles. The lowest BCUT2D eigenvalue weighted by Gasteiger charge is -2.19. The van der Waals surface area contributed by atoms with Gasteiger partial charge in [0.1, 0.15) is 0 Å². The number of aryl methyl sites for hydroxylation is 2. The number of rotatable bonds is 3. The summed E-state index contributed by atoms with van der Waals surface area (Å²) in [6.07, 6.45) is 5.25. The fourth-order valence-electron chi connectivity index (χ4n) is 3.16. The Bertz CT molecular complexity index is 512. The summed E-state index contributed by atoms with van der Waals surface area (Å²) in [7, 11) is -0.938. The van der Waals surface area contributed by atoms with E-state index >= 15 is 0 Å². The van der Waals surface area contributed by atoms with Crippen molar-refractivity contribution in [1.29, 1.82) is 5.26 Å². The lowest BCUT2D eigenvalue weighted by atomic mass is 10.0. The molecule has 1 aliphatic rings. The first kappa shape index (κ1) is 15.3. The minimum Gasteiger partial charge on any atom is -0.259 e. The van der Waals surface area contributed by atoms with Crippen LogP contribution in [0.3, 0.4) is 0 Å². The molecule has 108 valence electrons. The maximum absolute atomic E-state index is 12.7. The van der Waals surface area contributed by atoms with Crippen molar-refractivity contribution < 1.29 is 4.21 Å². The van der Waals surface area contributed by atoms with Gasteiger partial charge in [-0.3, -0.25) is 4.21 Å². The molecule has 20 heavy (non-hydrogen) atoms. The van der Waals surface area contributed by atoms with Gasteiger partial charge < -0.3 is 0 Å². The summed E-state index contributed by atoms with van der Waals surface area (Å²) in [4.78, 5) is 0. The summed E-state index contributed by atoms with van der Waals surface area (Å²) in [5, 5.41) is 9.36. The van der Waals surface area contributed by atoms with Crippen LogP contribution >= 0.6 is 0 Å². The van der Waals surface area contributed by atoms with Gasteiger partial charge in [0, 0.05) is 16.6 Å². The van der Waals surface area contributed by atoms with Crippen molar-refractivity contribution in [1.82, 2.24) is 0 Å². The van der Waals surface area contributed by atoms with E-state index in [-0.39, 0.29) is 11.2 Å². The van der Waals surface area contributed by atoms with Crippen molar-refractivity contribution >= 4 is 10.8 Å². The smallest absolute Gasteiger partial charge is 0.0668 e. The molecule has 0 radical (unpaired) electrons. The number of hydrogen-bond donors (Lipinski definition) is 0. The normalized spacial score (nSPS) is 24.6. The van der Waals surface area contributed by atoms with Gasteiger partial charge in [-0.15, -0.1) is 0 Å². The first-order valence-corrected chi connectivity index (χ1v) is 8.82. The van der Waals surface area contributed by atoms with Crippen LogP contribution in [0.15, 0.2) is 18.2 Å². The molecule has 3 unspecified atom stereocenters. The van der Waals surface area contributed by atoms with Gasteiger partial charge in [0.05, 0.1) is 17.2 Å². The van der Waals surface area contributed by atoms with E-state index in [9.17, 15) is 9.47 Å². The number of benzene rings is 1. The van der Waals surface area contributed by atoms with Gasteiger partial charge in [-0.05, 0) is 32.3 Å². The Labute approximate surface area is 124 Å². The van der Waals surface area contributed by atoms with Crippen LogP contribution in [0.5, 0.6) is 0 Å². The minimum absolute atomic E-state index is 0.0239. The Balaban J connectivity index is 2.11. The number of nitrogens with zero attached hydrogens (tertiary/aromatic N) is 1. The van der Waals surface area contributed by atoms with Crippen LogP contribution in [-0.2, 0) is 16.6 Å². The van der Waals surface area contributed by atoms with E-state index in [2.05, 4.69) is 38.1 Å². The zero-order valence-corrected chi connectivity index (χ0v) is 13.2. The van der Waals surface area contributed by atoms with E-state index in [0.29, 0.717) is 5.75 Å². The highest BCUT2D eigenvalue weighted by molar-refractivity contribution is 7.84. The maximum atomic E-state index is 12.7. The second-order valence-electron chi connectivity index (χ2n) is 5.93. The molecule has 0 spiro atoms. The van der Waals surface area contributed by atoms with Gasteiger partial charge in [0.15, 0.2) is 0 Å². The van der Waals surface area contributed by atoms with Crippen molar-refractivity contribution in [3.63, 3.8) is 0 Å². The molecular weight excluding hydrogens is 266 g/mol. The summed E-state index contributed by atoms with van der Waals surface area (Å²) in [5.41, 5.74) is 3.58. The monoisotopic (exact) mass is 289 g/mol. The maximum Gasteiger partial charge on any atom is 0.0668 e. The minimum atomic E-state index is -0.938. The van der Waals surface area contributed by atoms with E-state index < -0.39 is 10.8 Å². The van der Waals surface area contributed by atoms with Crippen LogP contribution in [0.1, 0.15) is 48.8 Å². The molecule has 1 saturated carbocycles. The van der Waals surface area contributed by atoms with Crippen LogP contribution in [0, 0.1) is 31.1 Å². The van der Waals surface area contributed by atoms with Crippen LogP contribution in [0.4, 0.5) is 0 Å². The summed E-state index contributed by atoms with van der Waals surface area (Å²) in [6.45, 7) is 4.15. The zero-order valence-electron chi connectivity index (χ0n) is 12.4. The highest BCUT2D eigenvalue weighted by Gasteiger charge is 2.28. The second kappa shape index (κ2) is 7.04.